The van der Waals surface area contributed by atoms with Crippen molar-refractivity contribution in [3.8, 4) is 0 Å². The van der Waals surface area contributed by atoms with Crippen LogP contribution in [-0.4, -0.2) is 35.5 Å². The van der Waals surface area contributed by atoms with Gasteiger partial charge in [0.1, 0.15) is 12.2 Å². The lowest BCUT2D eigenvalue weighted by Gasteiger charge is -2.27. The number of aliphatic hydroxyl groups excluding tert-OH is 1. The number of benzene rings is 2. The molecule has 5 nitrogen and oxygen atoms in total. The van der Waals surface area contributed by atoms with E-state index in [0.29, 0.717) is 13.0 Å². The molecule has 0 heterocycles. The summed E-state index contributed by atoms with van der Waals surface area (Å²) in [5, 5.41) is 17.1. The molecule has 3 atom stereocenters. The molecule has 1 aliphatic rings. The second kappa shape index (κ2) is 9.42. The fourth-order valence-corrected chi connectivity index (χ4v) is 3.74. The topological polar surface area (TPSA) is 70.6 Å². The van der Waals surface area contributed by atoms with E-state index in [9.17, 15) is 9.90 Å². The summed E-state index contributed by atoms with van der Waals surface area (Å²) in [5.74, 6) is 0. The largest absolute Gasteiger partial charge is 0.443 e. The molecule has 2 aromatic rings. The van der Waals surface area contributed by atoms with Gasteiger partial charge in [0.05, 0.1) is 0 Å². The summed E-state index contributed by atoms with van der Waals surface area (Å²) in [6.07, 6.45) is 0.562. The van der Waals surface area contributed by atoms with Gasteiger partial charge in [0.15, 0.2) is 0 Å². The summed E-state index contributed by atoms with van der Waals surface area (Å²) in [6, 6.07) is 18.4. The summed E-state index contributed by atoms with van der Waals surface area (Å²) in [5.41, 5.74) is 3.28. The maximum atomic E-state index is 12.3. The van der Waals surface area contributed by atoms with Crippen molar-refractivity contribution in [1.82, 2.24) is 10.6 Å². The highest BCUT2D eigenvalue weighted by atomic mass is 16.6. The molecule has 0 aliphatic heterocycles. The summed E-state index contributed by atoms with van der Waals surface area (Å²) in [7, 11) is 0. The number of amides is 1. The lowest BCUT2D eigenvalue weighted by atomic mass is 10.0. The van der Waals surface area contributed by atoms with Crippen LogP contribution in [0.4, 0.5) is 4.79 Å². The maximum Gasteiger partial charge on any atom is 0.407 e. The molecular formula is C24H32N2O3. The van der Waals surface area contributed by atoms with Crippen LogP contribution in [0.2, 0.25) is 0 Å². The predicted octanol–water partition coefficient (Wildman–Crippen LogP) is 3.76. The first-order valence-electron chi connectivity index (χ1n) is 10.3. The molecule has 1 amide bonds. The van der Waals surface area contributed by atoms with Crippen LogP contribution in [0.5, 0.6) is 0 Å². The molecule has 3 N–H and O–H groups in total. The van der Waals surface area contributed by atoms with Gasteiger partial charge >= 0.3 is 6.09 Å². The van der Waals surface area contributed by atoms with Crippen LogP contribution in [0, 0.1) is 0 Å². The van der Waals surface area contributed by atoms with E-state index in [1.165, 1.54) is 11.1 Å². The standard InChI is InChI=1S/C24H32N2O3/c1-24(2,3)26-23(28)29-22(15-17-9-5-4-6-10-17)21(27)16-25-20-14-13-18-11-7-8-12-19(18)20/h4-12,20-22,25,27H,13-16H2,1-3H3,(H,26,28)/t20-,21+,22-/m0/s1. The van der Waals surface area contributed by atoms with Crippen LogP contribution < -0.4 is 10.6 Å². The fourth-order valence-electron chi connectivity index (χ4n) is 3.74. The fraction of sp³-hybridized carbons (Fsp3) is 0.458. The number of fused-ring (bicyclic) bond motifs is 1. The SMILES string of the molecule is CC(C)(C)NC(=O)O[C@@H](Cc1ccccc1)[C@H](O)CN[C@H]1CCc2ccccc21. The first-order valence-corrected chi connectivity index (χ1v) is 10.3. The number of aryl methyl sites for hydroxylation is 1. The van der Waals surface area contributed by atoms with Crippen LogP contribution in [0.3, 0.4) is 0 Å². The average Bonchev–Trinajstić information content (AvgIpc) is 3.08. The lowest BCUT2D eigenvalue weighted by molar-refractivity contribution is 0.000423. The maximum absolute atomic E-state index is 12.3. The Hall–Kier alpha value is -2.37. The Morgan fingerprint density at radius 2 is 1.83 bits per heavy atom. The van der Waals surface area contributed by atoms with E-state index in [2.05, 4.69) is 28.8 Å². The van der Waals surface area contributed by atoms with Gasteiger partial charge in [-0.25, -0.2) is 4.79 Å². The highest BCUT2D eigenvalue weighted by Gasteiger charge is 2.28. The molecule has 0 unspecified atom stereocenters. The van der Waals surface area contributed by atoms with Gasteiger partial charge in [0, 0.05) is 24.5 Å². The number of carbonyl (C=O) groups excluding carboxylic acids is 1. The van der Waals surface area contributed by atoms with Gasteiger partial charge in [-0.15, -0.1) is 0 Å². The second-order valence-corrected chi connectivity index (χ2v) is 8.77. The van der Waals surface area contributed by atoms with Crippen LogP contribution in [0.1, 0.15) is 49.9 Å². The van der Waals surface area contributed by atoms with E-state index in [1.807, 2.05) is 57.2 Å². The van der Waals surface area contributed by atoms with Crippen molar-refractivity contribution in [2.24, 2.45) is 0 Å². The summed E-state index contributed by atoms with van der Waals surface area (Å²) < 4.78 is 5.64. The quantitative estimate of drug-likeness (QED) is 0.666. The minimum Gasteiger partial charge on any atom is -0.443 e. The number of rotatable bonds is 7. The second-order valence-electron chi connectivity index (χ2n) is 8.77. The zero-order valence-electron chi connectivity index (χ0n) is 17.5. The molecule has 0 saturated carbocycles. The number of alkyl carbamates (subject to hydrolysis) is 1. The highest BCUT2D eigenvalue weighted by molar-refractivity contribution is 5.68. The van der Waals surface area contributed by atoms with Crippen LogP contribution >= 0.6 is 0 Å². The average molecular weight is 397 g/mol. The summed E-state index contributed by atoms with van der Waals surface area (Å²) >= 11 is 0. The van der Waals surface area contributed by atoms with Crippen molar-refractivity contribution < 1.29 is 14.6 Å². The van der Waals surface area contributed by atoms with E-state index < -0.39 is 23.8 Å². The van der Waals surface area contributed by atoms with Crippen molar-refractivity contribution in [3.05, 3.63) is 71.3 Å². The van der Waals surface area contributed by atoms with Crippen LogP contribution in [0.15, 0.2) is 54.6 Å². The van der Waals surface area contributed by atoms with Crippen molar-refractivity contribution >= 4 is 6.09 Å². The Balaban J connectivity index is 1.63. The summed E-state index contributed by atoms with van der Waals surface area (Å²) in [6.45, 7) is 6.06. The Kier molecular flexibility index (Phi) is 6.93. The Labute approximate surface area is 173 Å². The van der Waals surface area contributed by atoms with Crippen molar-refractivity contribution in [2.45, 2.75) is 63.8 Å². The Morgan fingerprint density at radius 3 is 2.55 bits per heavy atom. The number of hydrogen-bond acceptors (Lipinski definition) is 4. The smallest absolute Gasteiger partial charge is 0.407 e. The molecular weight excluding hydrogens is 364 g/mol. The van der Waals surface area contributed by atoms with Gasteiger partial charge in [-0.05, 0) is 50.3 Å². The molecule has 1 aliphatic carbocycles. The first kappa shape index (κ1) is 21.3. The van der Waals surface area contributed by atoms with E-state index in [1.54, 1.807) is 0 Å². The van der Waals surface area contributed by atoms with E-state index in [-0.39, 0.29) is 6.04 Å². The number of hydrogen-bond donors (Lipinski definition) is 3. The molecule has 3 rings (SSSR count). The van der Waals surface area contributed by atoms with Gasteiger partial charge in [-0.3, -0.25) is 0 Å². The molecule has 0 aromatic heterocycles. The Bertz CT molecular complexity index is 801. The van der Waals surface area contributed by atoms with Gasteiger partial charge in [0.25, 0.3) is 0 Å². The molecule has 29 heavy (non-hydrogen) atoms. The predicted molar refractivity (Wildman–Crippen MR) is 115 cm³/mol. The molecule has 0 spiro atoms. The zero-order valence-corrected chi connectivity index (χ0v) is 17.5. The number of carbonyl (C=O) groups is 1. The molecule has 156 valence electrons. The Morgan fingerprint density at radius 1 is 1.14 bits per heavy atom. The normalized spacial score (nSPS) is 18.0. The minimum atomic E-state index is -0.811. The van der Waals surface area contributed by atoms with Gasteiger partial charge < -0.3 is 20.5 Å². The van der Waals surface area contributed by atoms with Crippen molar-refractivity contribution in [3.63, 3.8) is 0 Å². The van der Waals surface area contributed by atoms with E-state index in [4.69, 9.17) is 4.74 Å². The van der Waals surface area contributed by atoms with Crippen LogP contribution in [0.25, 0.3) is 0 Å². The molecule has 0 radical (unpaired) electrons. The van der Waals surface area contributed by atoms with Gasteiger partial charge in [0.2, 0.25) is 0 Å². The third-order valence-corrected chi connectivity index (χ3v) is 5.15. The number of aliphatic hydroxyl groups is 1. The zero-order chi connectivity index (χ0) is 20.9. The van der Waals surface area contributed by atoms with Crippen LogP contribution in [-0.2, 0) is 17.6 Å². The number of nitrogens with one attached hydrogen (secondary N) is 2. The summed E-state index contributed by atoms with van der Waals surface area (Å²) in [4.78, 5) is 12.3. The third-order valence-electron chi connectivity index (χ3n) is 5.15. The third kappa shape index (κ3) is 6.31. The molecule has 0 bridgehead atoms. The molecule has 0 saturated heterocycles. The molecule has 5 heteroatoms. The van der Waals surface area contributed by atoms with Crippen molar-refractivity contribution in [1.29, 1.82) is 0 Å². The number of ether oxygens (including phenoxy) is 1. The van der Waals surface area contributed by atoms with E-state index >= 15 is 0 Å². The highest BCUT2D eigenvalue weighted by Crippen LogP contribution is 2.30. The molecule has 2 aromatic carbocycles. The van der Waals surface area contributed by atoms with Gasteiger partial charge in [-0.2, -0.15) is 0 Å². The van der Waals surface area contributed by atoms with Crippen molar-refractivity contribution in [2.75, 3.05) is 6.54 Å². The lowest BCUT2D eigenvalue weighted by Crippen LogP contribution is -2.46. The van der Waals surface area contributed by atoms with Gasteiger partial charge in [-0.1, -0.05) is 54.6 Å². The minimum absolute atomic E-state index is 0.224. The monoisotopic (exact) mass is 396 g/mol. The van der Waals surface area contributed by atoms with E-state index in [0.717, 1.165) is 18.4 Å². The molecule has 0 fully saturated rings. The first-order chi connectivity index (χ1) is 13.8.